The standard InChI is InChI=1S/C29H22N6O4S/c30-18-23(27-32-31-26-9-5-2-6-16-33(26)27)29-34(20-7-3-1-4-8-20)28(36)25(40-29)17-22-14-15-24(39-22)19-10-12-21(13-11-19)35(37)38/h1,3-4,7-8,10-15,17H,2,5-6,9,16H2/b25-17-,29-23-. The molecule has 2 aromatic carbocycles. The molecule has 0 unspecified atom stereocenters. The molecule has 0 spiro atoms. The summed E-state index contributed by atoms with van der Waals surface area (Å²) < 4.78 is 10.3. The normalized spacial score (nSPS) is 14.3. The third-order valence-corrected chi connectivity index (χ3v) is 7.85. The molecule has 0 aliphatic carbocycles. The van der Waals surface area contributed by atoms with Crippen molar-refractivity contribution in [1.82, 2.24) is 19.3 Å². The number of nitro groups is 1. The van der Waals surface area contributed by atoms with Crippen molar-refractivity contribution in [2.45, 2.75) is 32.2 Å². The number of fused-ring (bicyclic) bond motifs is 1. The second-order valence-corrected chi connectivity index (χ2v) is 10.3. The first kappa shape index (κ1) is 25.2. The van der Waals surface area contributed by atoms with Crippen molar-refractivity contribution < 1.29 is 9.34 Å². The Morgan fingerprint density at radius 2 is 1.85 bits per heavy atom. The lowest BCUT2D eigenvalue weighted by molar-refractivity contribution is -0.384. The van der Waals surface area contributed by atoms with Crippen LogP contribution in [0.5, 0.6) is 0 Å². The number of benzene rings is 2. The van der Waals surface area contributed by atoms with Crippen LogP contribution >= 0.6 is 11.3 Å². The van der Waals surface area contributed by atoms with Crippen molar-refractivity contribution >= 4 is 28.7 Å². The molecular formula is C29H22N6O4S. The molecule has 11 heteroatoms. The van der Waals surface area contributed by atoms with Crippen molar-refractivity contribution in [2.75, 3.05) is 0 Å². The van der Waals surface area contributed by atoms with Gasteiger partial charge in [-0.1, -0.05) is 24.6 Å². The number of hydrogen-bond donors (Lipinski definition) is 0. The van der Waals surface area contributed by atoms with E-state index in [0.717, 1.165) is 38.1 Å². The molecule has 0 saturated carbocycles. The summed E-state index contributed by atoms with van der Waals surface area (Å²) >= 11 is 1.19. The first-order valence-electron chi connectivity index (χ1n) is 12.7. The average molecular weight is 551 g/mol. The maximum Gasteiger partial charge on any atom is 0.273 e. The summed E-state index contributed by atoms with van der Waals surface area (Å²) in [4.78, 5) is 24.3. The molecule has 0 atom stereocenters. The van der Waals surface area contributed by atoms with E-state index in [1.54, 1.807) is 30.3 Å². The van der Waals surface area contributed by atoms with Gasteiger partial charge in [0.2, 0.25) is 0 Å². The Bertz CT molecular complexity index is 1940. The van der Waals surface area contributed by atoms with E-state index in [1.165, 1.54) is 28.0 Å². The van der Waals surface area contributed by atoms with Gasteiger partial charge in [-0.2, -0.15) is 5.26 Å². The van der Waals surface area contributed by atoms with E-state index >= 15 is 0 Å². The molecule has 0 N–H and O–H groups in total. The largest absolute Gasteiger partial charge is 0.457 e. The molecule has 40 heavy (non-hydrogen) atoms. The molecule has 1 aliphatic heterocycles. The smallest absolute Gasteiger partial charge is 0.273 e. The van der Waals surface area contributed by atoms with Crippen LogP contribution < -0.4 is 14.8 Å². The third-order valence-electron chi connectivity index (χ3n) is 6.76. The molecule has 6 rings (SSSR count). The molecule has 0 amide bonds. The monoisotopic (exact) mass is 550 g/mol. The quantitative estimate of drug-likeness (QED) is 0.239. The number of para-hydroxylation sites is 1. The third kappa shape index (κ3) is 4.65. The highest BCUT2D eigenvalue weighted by Gasteiger charge is 2.21. The molecule has 0 radical (unpaired) electrons. The minimum atomic E-state index is -0.458. The van der Waals surface area contributed by atoms with Crippen molar-refractivity contribution in [1.29, 1.82) is 5.26 Å². The van der Waals surface area contributed by atoms with Gasteiger partial charge in [-0.15, -0.1) is 21.5 Å². The Kier molecular flexibility index (Phi) is 6.67. The van der Waals surface area contributed by atoms with E-state index in [0.29, 0.717) is 37.8 Å². The Morgan fingerprint density at radius 3 is 2.60 bits per heavy atom. The van der Waals surface area contributed by atoms with E-state index in [-0.39, 0.29) is 16.8 Å². The second kappa shape index (κ2) is 10.6. The van der Waals surface area contributed by atoms with Gasteiger partial charge in [0.25, 0.3) is 11.2 Å². The molecule has 4 heterocycles. The predicted molar refractivity (Wildman–Crippen MR) is 149 cm³/mol. The Labute approximate surface area is 231 Å². The summed E-state index contributed by atoms with van der Waals surface area (Å²) in [6, 6.07) is 21.0. The zero-order chi connectivity index (χ0) is 27.6. The summed E-state index contributed by atoms with van der Waals surface area (Å²) in [5, 5.41) is 30.0. The topological polar surface area (TPSA) is 133 Å². The summed E-state index contributed by atoms with van der Waals surface area (Å²) in [7, 11) is 0. The fraction of sp³-hybridized carbons (Fsp3) is 0.172. The van der Waals surface area contributed by atoms with Crippen LogP contribution in [0.3, 0.4) is 0 Å². The lowest BCUT2D eigenvalue weighted by atomic mass is 10.1. The van der Waals surface area contributed by atoms with Gasteiger partial charge < -0.3 is 8.98 Å². The highest BCUT2D eigenvalue weighted by Crippen LogP contribution is 2.25. The predicted octanol–water partition coefficient (Wildman–Crippen LogP) is 3.94. The van der Waals surface area contributed by atoms with Crippen LogP contribution in [-0.2, 0) is 13.0 Å². The number of hydrogen-bond acceptors (Lipinski definition) is 8. The second-order valence-electron chi connectivity index (χ2n) is 9.29. The number of nitro benzene ring substituents is 1. The number of nitrogens with zero attached hydrogens (tertiary/aromatic N) is 6. The van der Waals surface area contributed by atoms with Gasteiger partial charge in [-0.25, -0.2) is 0 Å². The van der Waals surface area contributed by atoms with Crippen molar-refractivity contribution in [2.24, 2.45) is 0 Å². The Balaban J connectivity index is 1.52. The van der Waals surface area contributed by atoms with Gasteiger partial charge in [-0.3, -0.25) is 19.5 Å². The minimum absolute atomic E-state index is 0.0104. The van der Waals surface area contributed by atoms with Crippen LogP contribution in [0, 0.1) is 21.4 Å². The lowest BCUT2D eigenvalue weighted by Crippen LogP contribution is -2.31. The molecule has 1 aliphatic rings. The van der Waals surface area contributed by atoms with Crippen LogP contribution in [0.15, 0.2) is 75.9 Å². The van der Waals surface area contributed by atoms with Gasteiger partial charge >= 0.3 is 0 Å². The van der Waals surface area contributed by atoms with Crippen LogP contribution in [-0.4, -0.2) is 24.3 Å². The number of furan rings is 1. The lowest BCUT2D eigenvalue weighted by Gasteiger charge is -2.07. The molecular weight excluding hydrogens is 528 g/mol. The molecule has 0 fully saturated rings. The first-order chi connectivity index (χ1) is 19.5. The summed E-state index contributed by atoms with van der Waals surface area (Å²) in [5.74, 6) is 2.27. The van der Waals surface area contributed by atoms with Gasteiger partial charge in [0.05, 0.1) is 15.1 Å². The zero-order valence-electron chi connectivity index (χ0n) is 21.2. The van der Waals surface area contributed by atoms with E-state index in [1.807, 2.05) is 34.9 Å². The molecule has 3 aromatic heterocycles. The number of thiazole rings is 1. The number of aryl methyl sites for hydroxylation is 1. The fourth-order valence-electron chi connectivity index (χ4n) is 4.79. The zero-order valence-corrected chi connectivity index (χ0v) is 22.0. The van der Waals surface area contributed by atoms with Crippen LogP contribution in [0.25, 0.3) is 28.7 Å². The summed E-state index contributed by atoms with van der Waals surface area (Å²) in [6.45, 7) is 0.723. The van der Waals surface area contributed by atoms with Gasteiger partial charge in [-0.05, 0) is 49.2 Å². The van der Waals surface area contributed by atoms with Gasteiger partial charge in [0.15, 0.2) is 5.82 Å². The minimum Gasteiger partial charge on any atom is -0.457 e. The van der Waals surface area contributed by atoms with Crippen LogP contribution in [0.1, 0.15) is 36.7 Å². The molecule has 10 nitrogen and oxygen atoms in total. The summed E-state index contributed by atoms with van der Waals surface area (Å²) in [5.41, 5.74) is 1.29. The SMILES string of the molecule is N#C/C(c1nnc2n1CCCCC2)=c1/s/c(=C\c2ccc(-c3ccc([N+](=O)[O-])cc3)o2)c(=O)n1-c1ccccc1. The van der Waals surface area contributed by atoms with E-state index in [2.05, 4.69) is 16.3 Å². The highest BCUT2D eigenvalue weighted by molar-refractivity contribution is 7.07. The molecule has 198 valence electrons. The summed E-state index contributed by atoms with van der Waals surface area (Å²) in [6.07, 6.45) is 5.53. The fourth-order valence-corrected chi connectivity index (χ4v) is 5.87. The number of nitriles is 1. The van der Waals surface area contributed by atoms with Gasteiger partial charge in [0, 0.05) is 36.7 Å². The van der Waals surface area contributed by atoms with Gasteiger partial charge in [0.1, 0.15) is 33.7 Å². The maximum absolute atomic E-state index is 13.8. The maximum atomic E-state index is 13.8. The Hall–Kier alpha value is -5.08. The van der Waals surface area contributed by atoms with Crippen LogP contribution in [0.4, 0.5) is 5.69 Å². The van der Waals surface area contributed by atoms with E-state index in [9.17, 15) is 20.2 Å². The first-order valence-corrected chi connectivity index (χ1v) is 13.6. The molecule has 0 saturated heterocycles. The highest BCUT2D eigenvalue weighted by atomic mass is 32.1. The molecule has 0 bridgehead atoms. The average Bonchev–Trinajstić information content (AvgIpc) is 3.63. The number of non-ortho nitro benzene ring substituents is 1. The van der Waals surface area contributed by atoms with E-state index in [4.69, 9.17) is 4.42 Å². The Morgan fingerprint density at radius 1 is 1.05 bits per heavy atom. The van der Waals surface area contributed by atoms with Crippen molar-refractivity contribution in [3.8, 4) is 23.1 Å². The van der Waals surface area contributed by atoms with Crippen LogP contribution in [0.2, 0.25) is 0 Å². The van der Waals surface area contributed by atoms with E-state index < -0.39 is 4.92 Å². The van der Waals surface area contributed by atoms with Crippen molar-refractivity contribution in [3.05, 3.63) is 114 Å². The van der Waals surface area contributed by atoms with Crippen molar-refractivity contribution in [3.63, 3.8) is 0 Å². The number of aromatic nitrogens is 4. The molecule has 5 aromatic rings. The number of rotatable bonds is 5.